The highest BCUT2D eigenvalue weighted by Crippen LogP contribution is 2.26. The van der Waals surface area contributed by atoms with Gasteiger partial charge in [-0.25, -0.2) is 0 Å². The van der Waals surface area contributed by atoms with E-state index in [0.29, 0.717) is 6.04 Å². The van der Waals surface area contributed by atoms with Gasteiger partial charge in [0, 0.05) is 10.7 Å². The fourth-order valence-electron chi connectivity index (χ4n) is 2.35. The molecule has 2 aromatic rings. The zero-order valence-corrected chi connectivity index (χ0v) is 10.6. The van der Waals surface area contributed by atoms with Crippen LogP contribution in [0.15, 0.2) is 29.6 Å². The average molecular weight is 247 g/mol. The van der Waals surface area contributed by atoms with Crippen LogP contribution in [0.4, 0.5) is 0 Å². The largest absolute Gasteiger partial charge is 0.375 e. The van der Waals surface area contributed by atoms with Crippen LogP contribution in [0.3, 0.4) is 0 Å². The third-order valence-corrected chi connectivity index (χ3v) is 4.31. The lowest BCUT2D eigenvalue weighted by molar-refractivity contribution is 0.104. The molecule has 1 aliphatic heterocycles. The fourth-order valence-corrected chi connectivity index (χ4v) is 3.30. The maximum atomic E-state index is 5.81. The van der Waals surface area contributed by atoms with Gasteiger partial charge < -0.3 is 10.1 Å². The summed E-state index contributed by atoms with van der Waals surface area (Å²) in [6.07, 6.45) is 2.54. The van der Waals surface area contributed by atoms with Gasteiger partial charge in [0.2, 0.25) is 0 Å². The summed E-state index contributed by atoms with van der Waals surface area (Å²) in [7, 11) is 0. The summed E-state index contributed by atoms with van der Waals surface area (Å²) in [4.78, 5) is 0. The standard InChI is InChI=1S/C14H17NOS/c1-2-6-14-13(5-1)11(10-17-14)8-16-9-12-4-3-7-15-12/h1-2,5-6,10,12,15H,3-4,7-9H2. The fraction of sp³-hybridized carbons (Fsp3) is 0.429. The molecule has 1 aromatic carbocycles. The van der Waals surface area contributed by atoms with Crippen molar-refractivity contribution in [2.24, 2.45) is 0 Å². The van der Waals surface area contributed by atoms with Gasteiger partial charge in [-0.05, 0) is 41.8 Å². The molecule has 17 heavy (non-hydrogen) atoms. The first-order chi connectivity index (χ1) is 8.43. The lowest BCUT2D eigenvalue weighted by Gasteiger charge is -2.10. The van der Waals surface area contributed by atoms with E-state index in [1.54, 1.807) is 11.3 Å². The smallest absolute Gasteiger partial charge is 0.0731 e. The molecule has 90 valence electrons. The summed E-state index contributed by atoms with van der Waals surface area (Å²) in [6.45, 7) is 2.72. The molecule has 1 unspecified atom stereocenters. The van der Waals surface area contributed by atoms with Crippen molar-refractivity contribution >= 4 is 21.4 Å². The molecular weight excluding hydrogens is 230 g/mol. The molecule has 0 saturated carbocycles. The van der Waals surface area contributed by atoms with Crippen LogP contribution in [0.2, 0.25) is 0 Å². The summed E-state index contributed by atoms with van der Waals surface area (Å²) >= 11 is 1.80. The van der Waals surface area contributed by atoms with Crippen molar-refractivity contribution in [3.8, 4) is 0 Å². The Labute approximate surface area is 106 Å². The first-order valence-electron chi connectivity index (χ1n) is 6.20. The van der Waals surface area contributed by atoms with Crippen LogP contribution in [0.5, 0.6) is 0 Å². The Morgan fingerprint density at radius 3 is 3.18 bits per heavy atom. The molecule has 1 aliphatic rings. The highest BCUT2D eigenvalue weighted by Gasteiger charge is 2.13. The molecule has 1 N–H and O–H groups in total. The number of fused-ring (bicyclic) bond motifs is 1. The van der Waals surface area contributed by atoms with Crippen LogP contribution in [0.1, 0.15) is 18.4 Å². The molecule has 3 heteroatoms. The van der Waals surface area contributed by atoms with E-state index in [1.807, 2.05) is 0 Å². The molecule has 1 fully saturated rings. The van der Waals surface area contributed by atoms with E-state index in [0.717, 1.165) is 19.8 Å². The second-order valence-electron chi connectivity index (χ2n) is 4.57. The number of benzene rings is 1. The number of hydrogen-bond donors (Lipinski definition) is 1. The van der Waals surface area contributed by atoms with Crippen LogP contribution in [0.25, 0.3) is 10.1 Å². The highest BCUT2D eigenvalue weighted by molar-refractivity contribution is 7.17. The highest BCUT2D eigenvalue weighted by atomic mass is 32.1. The number of hydrogen-bond acceptors (Lipinski definition) is 3. The Hall–Kier alpha value is -0.900. The van der Waals surface area contributed by atoms with Gasteiger partial charge in [-0.2, -0.15) is 0 Å². The summed E-state index contributed by atoms with van der Waals surface area (Å²) in [5.74, 6) is 0. The van der Waals surface area contributed by atoms with Crippen molar-refractivity contribution in [2.45, 2.75) is 25.5 Å². The van der Waals surface area contributed by atoms with E-state index in [1.165, 1.54) is 28.5 Å². The Morgan fingerprint density at radius 1 is 1.35 bits per heavy atom. The van der Waals surface area contributed by atoms with Gasteiger partial charge in [0.25, 0.3) is 0 Å². The van der Waals surface area contributed by atoms with Crippen LogP contribution < -0.4 is 5.32 Å². The van der Waals surface area contributed by atoms with Crippen molar-refractivity contribution in [1.29, 1.82) is 0 Å². The first kappa shape index (κ1) is 11.2. The molecule has 0 aliphatic carbocycles. The second kappa shape index (κ2) is 5.17. The predicted octanol–water partition coefficient (Wildman–Crippen LogP) is 3.17. The van der Waals surface area contributed by atoms with E-state index >= 15 is 0 Å². The second-order valence-corrected chi connectivity index (χ2v) is 5.48. The predicted molar refractivity (Wildman–Crippen MR) is 72.5 cm³/mol. The summed E-state index contributed by atoms with van der Waals surface area (Å²) in [5.41, 5.74) is 1.32. The van der Waals surface area contributed by atoms with Crippen LogP contribution in [0, 0.1) is 0 Å². The van der Waals surface area contributed by atoms with E-state index in [-0.39, 0.29) is 0 Å². The Bertz CT molecular complexity index is 488. The maximum absolute atomic E-state index is 5.81. The minimum Gasteiger partial charge on any atom is -0.375 e. The maximum Gasteiger partial charge on any atom is 0.0731 e. The van der Waals surface area contributed by atoms with Gasteiger partial charge in [-0.3, -0.25) is 0 Å². The summed E-state index contributed by atoms with van der Waals surface area (Å²) in [6, 6.07) is 9.10. The van der Waals surface area contributed by atoms with Crippen molar-refractivity contribution in [2.75, 3.05) is 13.2 Å². The third kappa shape index (κ3) is 2.51. The number of thiophene rings is 1. The minimum atomic E-state index is 0.569. The van der Waals surface area contributed by atoms with E-state index in [9.17, 15) is 0 Å². The van der Waals surface area contributed by atoms with Crippen LogP contribution >= 0.6 is 11.3 Å². The molecule has 0 spiro atoms. The molecule has 0 amide bonds. The van der Waals surface area contributed by atoms with Gasteiger partial charge in [-0.15, -0.1) is 11.3 Å². The Balaban J connectivity index is 1.60. The number of rotatable bonds is 4. The topological polar surface area (TPSA) is 21.3 Å². The lowest BCUT2D eigenvalue weighted by Crippen LogP contribution is -2.26. The van der Waals surface area contributed by atoms with Gasteiger partial charge >= 0.3 is 0 Å². The van der Waals surface area contributed by atoms with E-state index in [2.05, 4.69) is 35.0 Å². The molecule has 0 radical (unpaired) electrons. The monoisotopic (exact) mass is 247 g/mol. The van der Waals surface area contributed by atoms with Crippen molar-refractivity contribution in [1.82, 2.24) is 5.32 Å². The number of nitrogens with one attached hydrogen (secondary N) is 1. The normalized spacial score (nSPS) is 20.1. The van der Waals surface area contributed by atoms with Crippen LogP contribution in [-0.2, 0) is 11.3 Å². The zero-order chi connectivity index (χ0) is 11.5. The molecular formula is C14H17NOS. The molecule has 1 saturated heterocycles. The lowest BCUT2D eigenvalue weighted by atomic mass is 10.2. The van der Waals surface area contributed by atoms with Gasteiger partial charge in [0.1, 0.15) is 0 Å². The van der Waals surface area contributed by atoms with E-state index in [4.69, 9.17) is 4.74 Å². The SMILES string of the molecule is c1ccc2c(COCC3CCCN3)csc2c1. The van der Waals surface area contributed by atoms with Gasteiger partial charge in [0.05, 0.1) is 13.2 Å². The third-order valence-electron chi connectivity index (χ3n) is 3.30. The Kier molecular flexibility index (Phi) is 3.41. The number of ether oxygens (including phenoxy) is 1. The molecule has 0 bridgehead atoms. The van der Waals surface area contributed by atoms with Crippen molar-refractivity contribution < 1.29 is 4.74 Å². The summed E-state index contributed by atoms with van der Waals surface area (Å²) in [5, 5.41) is 7.01. The van der Waals surface area contributed by atoms with Gasteiger partial charge in [-0.1, -0.05) is 18.2 Å². The average Bonchev–Trinajstić information content (AvgIpc) is 2.99. The molecule has 2 nitrogen and oxygen atoms in total. The zero-order valence-electron chi connectivity index (χ0n) is 9.82. The van der Waals surface area contributed by atoms with E-state index < -0.39 is 0 Å². The first-order valence-corrected chi connectivity index (χ1v) is 7.08. The summed E-state index contributed by atoms with van der Waals surface area (Å²) < 4.78 is 7.17. The Morgan fingerprint density at radius 2 is 2.29 bits per heavy atom. The van der Waals surface area contributed by atoms with Crippen LogP contribution in [-0.4, -0.2) is 19.2 Å². The van der Waals surface area contributed by atoms with Gasteiger partial charge in [0.15, 0.2) is 0 Å². The molecule has 3 rings (SSSR count). The minimum absolute atomic E-state index is 0.569. The van der Waals surface area contributed by atoms with Crippen molar-refractivity contribution in [3.63, 3.8) is 0 Å². The van der Waals surface area contributed by atoms with Crippen molar-refractivity contribution in [3.05, 3.63) is 35.2 Å². The molecule has 1 atom stereocenters. The molecule has 1 aromatic heterocycles. The molecule has 2 heterocycles. The quantitative estimate of drug-likeness (QED) is 0.896.